The first kappa shape index (κ1) is 15.6. The molecule has 2 aromatic carbocycles. The Kier molecular flexibility index (Phi) is 3.93. The van der Waals surface area contributed by atoms with Crippen molar-refractivity contribution in [3.05, 3.63) is 65.4 Å². The van der Waals surface area contributed by atoms with Crippen LogP contribution in [0.25, 0.3) is 0 Å². The molecule has 0 saturated carbocycles. The Labute approximate surface area is 136 Å². The first-order valence-electron chi connectivity index (χ1n) is 6.98. The number of ether oxygens (including phenoxy) is 1. The topological polar surface area (TPSA) is 116 Å². The van der Waals surface area contributed by atoms with E-state index in [1.54, 1.807) is 24.3 Å². The van der Waals surface area contributed by atoms with Crippen molar-refractivity contribution in [2.75, 3.05) is 5.32 Å². The number of aliphatic hydroxyl groups excluding tert-OH is 1. The number of phenols is 1. The summed E-state index contributed by atoms with van der Waals surface area (Å²) in [6, 6.07) is 10.4. The molecule has 1 aliphatic rings. The van der Waals surface area contributed by atoms with E-state index in [1.807, 2.05) is 0 Å². The van der Waals surface area contributed by atoms with E-state index in [4.69, 9.17) is 9.84 Å². The maximum atomic E-state index is 12.4. The van der Waals surface area contributed by atoms with Crippen molar-refractivity contribution in [1.82, 2.24) is 0 Å². The summed E-state index contributed by atoms with van der Waals surface area (Å²) in [7, 11) is 0. The summed E-state index contributed by atoms with van der Waals surface area (Å²) in [5, 5.41) is 31.2. The van der Waals surface area contributed by atoms with Gasteiger partial charge in [-0.05, 0) is 24.3 Å². The van der Waals surface area contributed by atoms with Crippen LogP contribution in [0.4, 0.5) is 5.69 Å². The Hall–Kier alpha value is -3.32. The number of ketones is 1. The van der Waals surface area contributed by atoms with Crippen LogP contribution >= 0.6 is 0 Å². The van der Waals surface area contributed by atoms with Crippen LogP contribution in [0.2, 0.25) is 0 Å². The summed E-state index contributed by atoms with van der Waals surface area (Å²) in [5.74, 6) is -1.75. The fourth-order valence-electron chi connectivity index (χ4n) is 2.31. The monoisotopic (exact) mass is 327 g/mol. The fraction of sp³-hybridized carbons (Fsp3) is 0.0588. The van der Waals surface area contributed by atoms with Gasteiger partial charge in [0.15, 0.2) is 5.78 Å². The number of carbonyl (C=O) groups excluding carboxylic acids is 1. The smallest absolute Gasteiger partial charge is 0.339 e. The highest BCUT2D eigenvalue weighted by atomic mass is 16.6. The molecule has 1 atom stereocenters. The third-order valence-corrected chi connectivity index (χ3v) is 3.52. The molecule has 2 aromatic rings. The molecule has 0 saturated heterocycles. The van der Waals surface area contributed by atoms with Crippen molar-refractivity contribution < 1.29 is 29.6 Å². The zero-order chi connectivity index (χ0) is 17.3. The van der Waals surface area contributed by atoms with Gasteiger partial charge in [0, 0.05) is 18.0 Å². The molecular formula is C17H13NO6. The summed E-state index contributed by atoms with van der Waals surface area (Å²) < 4.78 is 5.28. The third kappa shape index (κ3) is 2.80. The van der Waals surface area contributed by atoms with Crippen molar-refractivity contribution >= 4 is 17.4 Å². The van der Waals surface area contributed by atoms with E-state index >= 15 is 0 Å². The van der Waals surface area contributed by atoms with Crippen LogP contribution in [-0.4, -0.2) is 33.4 Å². The van der Waals surface area contributed by atoms with Crippen molar-refractivity contribution in [3.8, 4) is 11.5 Å². The Morgan fingerprint density at radius 2 is 1.96 bits per heavy atom. The number of aromatic carboxylic acids is 1. The second-order valence-corrected chi connectivity index (χ2v) is 5.08. The molecule has 0 aromatic heterocycles. The van der Waals surface area contributed by atoms with E-state index in [0.717, 1.165) is 0 Å². The van der Waals surface area contributed by atoms with Gasteiger partial charge in [-0.15, -0.1) is 0 Å². The number of anilines is 1. The van der Waals surface area contributed by atoms with Crippen LogP contribution in [0, 0.1) is 0 Å². The van der Waals surface area contributed by atoms with Gasteiger partial charge in [0.2, 0.25) is 6.29 Å². The predicted molar refractivity (Wildman–Crippen MR) is 84.2 cm³/mol. The number of Topliss-reactive ketones (excluding diaryl/α,β-unsaturated/α-hetero) is 1. The van der Waals surface area contributed by atoms with Gasteiger partial charge in [-0.2, -0.15) is 0 Å². The average molecular weight is 327 g/mol. The number of nitrogens with one attached hydrogen (secondary N) is 1. The van der Waals surface area contributed by atoms with E-state index in [0.29, 0.717) is 17.0 Å². The molecule has 0 spiro atoms. The van der Waals surface area contributed by atoms with Crippen molar-refractivity contribution in [1.29, 1.82) is 0 Å². The molecule has 122 valence electrons. The van der Waals surface area contributed by atoms with E-state index in [1.165, 1.54) is 24.4 Å². The number of aliphatic hydroxyl groups is 1. The number of benzene rings is 2. The normalized spacial score (nSPS) is 18.0. The zero-order valence-corrected chi connectivity index (χ0v) is 12.3. The lowest BCUT2D eigenvalue weighted by atomic mass is 10.00. The van der Waals surface area contributed by atoms with Crippen LogP contribution in [0.15, 0.2) is 54.2 Å². The Bertz CT molecular complexity index is 858. The lowest BCUT2D eigenvalue weighted by Crippen LogP contribution is -2.30. The molecule has 1 heterocycles. The number of para-hydroxylation sites is 1. The second kappa shape index (κ2) is 6.05. The summed E-state index contributed by atoms with van der Waals surface area (Å²) in [5.41, 5.74) is 0.443. The van der Waals surface area contributed by atoms with Crippen molar-refractivity contribution in [3.63, 3.8) is 0 Å². The summed E-state index contributed by atoms with van der Waals surface area (Å²) in [4.78, 5) is 23.2. The molecule has 0 bridgehead atoms. The Morgan fingerprint density at radius 3 is 2.67 bits per heavy atom. The van der Waals surface area contributed by atoms with Gasteiger partial charge in [0.25, 0.3) is 0 Å². The number of hydrogen-bond donors (Lipinski definition) is 4. The summed E-state index contributed by atoms with van der Waals surface area (Å²) in [6.07, 6.45) is -0.162. The molecule has 0 aliphatic carbocycles. The largest absolute Gasteiger partial charge is 0.507 e. The van der Waals surface area contributed by atoms with Crippen LogP contribution < -0.4 is 10.1 Å². The molecule has 1 unspecified atom stereocenters. The van der Waals surface area contributed by atoms with Crippen LogP contribution in [0.1, 0.15) is 20.7 Å². The van der Waals surface area contributed by atoms with E-state index < -0.39 is 18.0 Å². The van der Waals surface area contributed by atoms with E-state index in [9.17, 15) is 19.8 Å². The predicted octanol–water partition coefficient (Wildman–Crippen LogP) is 1.98. The molecule has 4 N–H and O–H groups in total. The standard InChI is InChI=1S/C17H13NO6/c19-13-7-9(5-6-10(13)16(21)22)18-8-12-15(20)11-3-1-2-4-14(11)24-17(12)23/h1-8,17-19,23H,(H,21,22)/b12-8+. The third-order valence-electron chi connectivity index (χ3n) is 3.52. The number of carboxylic acid groups (broad SMARTS) is 1. The lowest BCUT2D eigenvalue weighted by Gasteiger charge is -2.23. The van der Waals surface area contributed by atoms with Gasteiger partial charge in [-0.3, -0.25) is 4.79 Å². The Morgan fingerprint density at radius 1 is 1.21 bits per heavy atom. The van der Waals surface area contributed by atoms with E-state index in [-0.39, 0.29) is 16.9 Å². The van der Waals surface area contributed by atoms with Gasteiger partial charge >= 0.3 is 5.97 Å². The first-order valence-corrected chi connectivity index (χ1v) is 6.98. The summed E-state index contributed by atoms with van der Waals surface area (Å²) in [6.45, 7) is 0. The molecular weight excluding hydrogens is 314 g/mol. The van der Waals surface area contributed by atoms with Crippen LogP contribution in [0.5, 0.6) is 11.5 Å². The first-order chi connectivity index (χ1) is 11.5. The van der Waals surface area contributed by atoms with Crippen LogP contribution in [0.3, 0.4) is 0 Å². The number of carbonyl (C=O) groups is 2. The number of hydrogen-bond acceptors (Lipinski definition) is 6. The zero-order valence-electron chi connectivity index (χ0n) is 12.3. The Balaban J connectivity index is 1.86. The van der Waals surface area contributed by atoms with Crippen molar-refractivity contribution in [2.45, 2.75) is 6.29 Å². The van der Waals surface area contributed by atoms with Gasteiger partial charge in [-0.25, -0.2) is 4.79 Å². The second-order valence-electron chi connectivity index (χ2n) is 5.08. The minimum atomic E-state index is -1.42. The van der Waals surface area contributed by atoms with Gasteiger partial charge < -0.3 is 25.4 Å². The number of carboxylic acids is 1. The SMILES string of the molecule is O=C(O)c1ccc(N/C=C2\C(=O)c3ccccc3OC2O)cc1O. The summed E-state index contributed by atoms with van der Waals surface area (Å²) >= 11 is 0. The quantitative estimate of drug-likeness (QED) is 0.637. The average Bonchev–Trinajstić information content (AvgIpc) is 2.54. The molecule has 3 rings (SSSR count). The fourth-order valence-corrected chi connectivity index (χ4v) is 2.31. The van der Waals surface area contributed by atoms with Gasteiger partial charge in [0.1, 0.15) is 17.1 Å². The minimum absolute atomic E-state index is 0.00417. The van der Waals surface area contributed by atoms with Crippen molar-refractivity contribution in [2.24, 2.45) is 0 Å². The lowest BCUT2D eigenvalue weighted by molar-refractivity contribution is 0.00783. The number of aromatic hydroxyl groups is 1. The maximum Gasteiger partial charge on any atom is 0.339 e. The molecule has 7 heteroatoms. The maximum absolute atomic E-state index is 12.4. The highest BCUT2D eigenvalue weighted by Crippen LogP contribution is 2.29. The number of rotatable bonds is 3. The molecule has 1 aliphatic heterocycles. The van der Waals surface area contributed by atoms with Crippen LogP contribution in [-0.2, 0) is 0 Å². The molecule has 24 heavy (non-hydrogen) atoms. The number of fused-ring (bicyclic) bond motifs is 1. The highest BCUT2D eigenvalue weighted by molar-refractivity contribution is 6.12. The molecule has 0 amide bonds. The highest BCUT2D eigenvalue weighted by Gasteiger charge is 2.30. The molecule has 0 radical (unpaired) electrons. The van der Waals surface area contributed by atoms with E-state index in [2.05, 4.69) is 5.32 Å². The molecule has 0 fully saturated rings. The molecule has 7 nitrogen and oxygen atoms in total. The van der Waals surface area contributed by atoms with Gasteiger partial charge in [0.05, 0.1) is 11.1 Å². The van der Waals surface area contributed by atoms with Gasteiger partial charge in [-0.1, -0.05) is 12.1 Å². The minimum Gasteiger partial charge on any atom is -0.507 e.